The quantitative estimate of drug-likeness (QED) is 0.559. The van der Waals surface area contributed by atoms with Gasteiger partial charge in [0.15, 0.2) is 5.16 Å². The van der Waals surface area contributed by atoms with Crippen molar-refractivity contribution in [3.8, 4) is 0 Å². The first kappa shape index (κ1) is 17.5. The third-order valence-electron chi connectivity index (χ3n) is 3.73. The molecule has 2 aromatic carbocycles. The molecule has 7 heteroatoms. The number of fused-ring (bicyclic) bond motifs is 1. The Labute approximate surface area is 154 Å². The molecule has 128 valence electrons. The molecule has 0 fully saturated rings. The molecule has 1 amide bonds. The SMILES string of the molecule is CC(Sc1nc2ccccc2c(=O)n1C)C(=O)Nc1ccccc1Cl. The number of carbonyl (C=O) groups excluding carboxylic acids is 1. The highest BCUT2D eigenvalue weighted by Gasteiger charge is 2.19. The van der Waals surface area contributed by atoms with Crippen LogP contribution in [0, 0.1) is 0 Å². The lowest BCUT2D eigenvalue weighted by atomic mass is 10.2. The fourth-order valence-corrected chi connectivity index (χ4v) is 3.37. The summed E-state index contributed by atoms with van der Waals surface area (Å²) in [5, 5.41) is 3.87. The van der Waals surface area contributed by atoms with Gasteiger partial charge in [-0.15, -0.1) is 0 Å². The summed E-state index contributed by atoms with van der Waals surface area (Å²) in [6.07, 6.45) is 0. The number of carbonyl (C=O) groups is 1. The van der Waals surface area contributed by atoms with E-state index in [2.05, 4.69) is 10.3 Å². The molecule has 1 unspecified atom stereocenters. The number of rotatable bonds is 4. The molecule has 0 saturated heterocycles. The molecule has 0 bridgehead atoms. The molecule has 1 atom stereocenters. The van der Waals surface area contributed by atoms with Crippen molar-refractivity contribution in [3.63, 3.8) is 0 Å². The Morgan fingerprint density at radius 3 is 2.64 bits per heavy atom. The van der Waals surface area contributed by atoms with E-state index in [9.17, 15) is 9.59 Å². The second-order valence-corrected chi connectivity index (χ2v) is 7.22. The first-order valence-corrected chi connectivity index (χ1v) is 8.91. The third-order valence-corrected chi connectivity index (χ3v) is 5.20. The molecule has 0 saturated carbocycles. The van der Waals surface area contributed by atoms with Gasteiger partial charge in [-0.2, -0.15) is 0 Å². The minimum atomic E-state index is -0.449. The average molecular weight is 374 g/mol. The second kappa shape index (κ2) is 7.29. The van der Waals surface area contributed by atoms with Crippen LogP contribution in [-0.4, -0.2) is 20.7 Å². The highest BCUT2D eigenvalue weighted by atomic mass is 35.5. The molecule has 0 spiro atoms. The van der Waals surface area contributed by atoms with Gasteiger partial charge in [0.2, 0.25) is 5.91 Å². The van der Waals surface area contributed by atoms with Crippen LogP contribution in [-0.2, 0) is 11.8 Å². The molecule has 0 aliphatic heterocycles. The fraction of sp³-hybridized carbons (Fsp3) is 0.167. The molecule has 0 radical (unpaired) electrons. The van der Waals surface area contributed by atoms with Crippen molar-refractivity contribution < 1.29 is 4.79 Å². The van der Waals surface area contributed by atoms with Gasteiger partial charge in [0.25, 0.3) is 5.56 Å². The van der Waals surface area contributed by atoms with Crippen molar-refractivity contribution in [1.82, 2.24) is 9.55 Å². The number of halogens is 1. The topological polar surface area (TPSA) is 64.0 Å². The molecule has 1 N–H and O–H groups in total. The van der Waals surface area contributed by atoms with Crippen molar-refractivity contribution in [1.29, 1.82) is 0 Å². The summed E-state index contributed by atoms with van der Waals surface area (Å²) in [5.41, 5.74) is 1.04. The lowest BCUT2D eigenvalue weighted by molar-refractivity contribution is -0.115. The molecule has 0 aliphatic rings. The summed E-state index contributed by atoms with van der Waals surface area (Å²) in [7, 11) is 1.66. The molecule has 3 rings (SSSR count). The van der Waals surface area contributed by atoms with Crippen LogP contribution >= 0.6 is 23.4 Å². The Morgan fingerprint density at radius 2 is 1.88 bits per heavy atom. The van der Waals surface area contributed by atoms with Crippen LogP contribution in [0.15, 0.2) is 58.5 Å². The zero-order valence-electron chi connectivity index (χ0n) is 13.7. The van der Waals surface area contributed by atoms with E-state index in [0.717, 1.165) is 0 Å². The van der Waals surface area contributed by atoms with E-state index < -0.39 is 5.25 Å². The summed E-state index contributed by atoms with van der Waals surface area (Å²) in [6, 6.07) is 14.2. The van der Waals surface area contributed by atoms with E-state index in [4.69, 9.17) is 11.6 Å². The number of aromatic nitrogens is 2. The Balaban J connectivity index is 1.83. The van der Waals surface area contributed by atoms with Gasteiger partial charge in [0, 0.05) is 7.05 Å². The third kappa shape index (κ3) is 3.70. The van der Waals surface area contributed by atoms with Crippen molar-refractivity contribution in [2.24, 2.45) is 7.05 Å². The van der Waals surface area contributed by atoms with Gasteiger partial charge >= 0.3 is 0 Å². The minimum absolute atomic E-state index is 0.133. The number of para-hydroxylation sites is 2. The van der Waals surface area contributed by atoms with E-state index in [0.29, 0.717) is 26.8 Å². The summed E-state index contributed by atoms with van der Waals surface area (Å²) in [6.45, 7) is 1.76. The zero-order chi connectivity index (χ0) is 18.0. The summed E-state index contributed by atoms with van der Waals surface area (Å²) >= 11 is 7.29. The Kier molecular flexibility index (Phi) is 5.11. The second-order valence-electron chi connectivity index (χ2n) is 5.50. The van der Waals surface area contributed by atoms with Crippen molar-refractivity contribution in [2.75, 3.05) is 5.32 Å². The molecule has 3 aromatic rings. The lowest BCUT2D eigenvalue weighted by Crippen LogP contribution is -2.25. The van der Waals surface area contributed by atoms with Crippen LogP contribution in [0.1, 0.15) is 6.92 Å². The number of nitrogens with zero attached hydrogens (tertiary/aromatic N) is 2. The van der Waals surface area contributed by atoms with E-state index in [1.54, 1.807) is 56.4 Å². The first-order chi connectivity index (χ1) is 12.0. The number of benzene rings is 2. The van der Waals surface area contributed by atoms with Crippen LogP contribution < -0.4 is 10.9 Å². The summed E-state index contributed by atoms with van der Waals surface area (Å²) in [5.74, 6) is -0.208. The van der Waals surface area contributed by atoms with Gasteiger partial charge in [-0.25, -0.2) is 4.98 Å². The van der Waals surface area contributed by atoms with Crippen molar-refractivity contribution in [3.05, 3.63) is 63.9 Å². The predicted octanol–water partition coefficient (Wildman–Crippen LogP) is 3.71. The normalized spacial score (nSPS) is 12.1. The lowest BCUT2D eigenvalue weighted by Gasteiger charge is -2.14. The van der Waals surface area contributed by atoms with E-state index in [1.165, 1.54) is 16.3 Å². The molecule has 1 aromatic heterocycles. The number of hydrogen-bond donors (Lipinski definition) is 1. The van der Waals surface area contributed by atoms with Gasteiger partial charge in [-0.1, -0.05) is 47.6 Å². The Hall–Kier alpha value is -2.31. The predicted molar refractivity (Wildman–Crippen MR) is 102 cm³/mol. The average Bonchev–Trinajstić information content (AvgIpc) is 2.61. The molecule has 1 heterocycles. The van der Waals surface area contributed by atoms with Crippen LogP contribution in [0.4, 0.5) is 5.69 Å². The van der Waals surface area contributed by atoms with Gasteiger partial charge in [-0.05, 0) is 31.2 Å². The largest absolute Gasteiger partial charge is 0.324 e. The number of amides is 1. The smallest absolute Gasteiger partial charge is 0.261 e. The number of hydrogen-bond acceptors (Lipinski definition) is 4. The van der Waals surface area contributed by atoms with Gasteiger partial charge in [-0.3, -0.25) is 14.2 Å². The highest BCUT2D eigenvalue weighted by Crippen LogP contribution is 2.25. The van der Waals surface area contributed by atoms with Crippen LogP contribution in [0.2, 0.25) is 5.02 Å². The van der Waals surface area contributed by atoms with Crippen LogP contribution in [0.25, 0.3) is 10.9 Å². The fourth-order valence-electron chi connectivity index (χ4n) is 2.31. The van der Waals surface area contributed by atoms with E-state index in [-0.39, 0.29) is 11.5 Å². The van der Waals surface area contributed by atoms with Gasteiger partial charge in [0.05, 0.1) is 26.9 Å². The molecule has 5 nitrogen and oxygen atoms in total. The maximum Gasteiger partial charge on any atom is 0.261 e. The van der Waals surface area contributed by atoms with Crippen molar-refractivity contribution >= 4 is 45.9 Å². The summed E-state index contributed by atoms with van der Waals surface area (Å²) in [4.78, 5) is 29.4. The Morgan fingerprint density at radius 1 is 1.20 bits per heavy atom. The number of anilines is 1. The molecule has 0 aliphatic carbocycles. The highest BCUT2D eigenvalue weighted by molar-refractivity contribution is 8.00. The zero-order valence-corrected chi connectivity index (χ0v) is 15.3. The van der Waals surface area contributed by atoms with Gasteiger partial charge in [0.1, 0.15) is 0 Å². The maximum atomic E-state index is 12.4. The van der Waals surface area contributed by atoms with Crippen molar-refractivity contribution in [2.45, 2.75) is 17.3 Å². The maximum absolute atomic E-state index is 12.4. The van der Waals surface area contributed by atoms with Gasteiger partial charge < -0.3 is 5.32 Å². The minimum Gasteiger partial charge on any atom is -0.324 e. The Bertz CT molecular complexity index is 1000. The van der Waals surface area contributed by atoms with E-state index in [1.807, 2.05) is 6.07 Å². The number of nitrogens with one attached hydrogen (secondary N) is 1. The monoisotopic (exact) mass is 373 g/mol. The van der Waals surface area contributed by atoms with E-state index >= 15 is 0 Å². The first-order valence-electron chi connectivity index (χ1n) is 7.65. The molecular weight excluding hydrogens is 358 g/mol. The standard InChI is InChI=1S/C18H16ClN3O2S/c1-11(16(23)20-15-10-6-4-8-13(15)19)25-18-21-14-9-5-3-7-12(14)17(24)22(18)2/h3-11H,1-2H3,(H,20,23). The number of thioether (sulfide) groups is 1. The summed E-state index contributed by atoms with van der Waals surface area (Å²) < 4.78 is 1.46. The molecular formula is C18H16ClN3O2S. The van der Waals surface area contributed by atoms with Crippen LogP contribution in [0.5, 0.6) is 0 Å². The van der Waals surface area contributed by atoms with Crippen LogP contribution in [0.3, 0.4) is 0 Å². The molecule has 25 heavy (non-hydrogen) atoms.